The Bertz CT molecular complexity index is 1480. The van der Waals surface area contributed by atoms with Gasteiger partial charge >= 0.3 is 12.1 Å². The minimum Gasteiger partial charge on any atom is -0.456 e. The van der Waals surface area contributed by atoms with E-state index in [1.54, 1.807) is 0 Å². The van der Waals surface area contributed by atoms with Crippen LogP contribution < -0.4 is 5.32 Å². The lowest BCUT2D eigenvalue weighted by molar-refractivity contribution is -0.137. The number of nitrogens with one attached hydrogen (secondary N) is 1. The van der Waals surface area contributed by atoms with Crippen LogP contribution in [-0.4, -0.2) is 17.5 Å². The normalized spacial score (nSPS) is 15.3. The van der Waals surface area contributed by atoms with Crippen molar-refractivity contribution in [2.45, 2.75) is 96.9 Å². The summed E-state index contributed by atoms with van der Waals surface area (Å²) in [4.78, 5) is 29.9. The van der Waals surface area contributed by atoms with Crippen molar-refractivity contribution < 1.29 is 31.9 Å². The average Bonchev–Trinajstić information content (AvgIpc) is 3.43. The van der Waals surface area contributed by atoms with E-state index in [0.717, 1.165) is 89.9 Å². The minimum absolute atomic E-state index is 0.00604. The third kappa shape index (κ3) is 6.69. The van der Waals surface area contributed by atoms with Crippen LogP contribution in [0.3, 0.4) is 0 Å². The summed E-state index contributed by atoms with van der Waals surface area (Å²) in [7, 11) is 0. The van der Waals surface area contributed by atoms with E-state index >= 15 is 0 Å². The third-order valence-corrected chi connectivity index (χ3v) is 10.1. The average molecular weight is 608 g/mol. The summed E-state index contributed by atoms with van der Waals surface area (Å²) in [6, 6.07) is 2.61. The second-order valence-electron chi connectivity index (χ2n) is 11.7. The molecule has 220 valence electrons. The number of hydrogen-bond acceptors (Lipinski definition) is 5. The lowest BCUT2D eigenvalue weighted by atomic mass is 9.93. The summed E-state index contributed by atoms with van der Waals surface area (Å²) < 4.78 is 60.4. The molecule has 1 N–H and O–H groups in total. The first-order valence-electron chi connectivity index (χ1n) is 13.9. The Balaban J connectivity index is 1.41. The second-order valence-corrected chi connectivity index (χ2v) is 14.0. The van der Waals surface area contributed by atoms with Crippen molar-refractivity contribution in [1.82, 2.24) is 5.32 Å². The molecule has 0 saturated heterocycles. The zero-order valence-corrected chi connectivity index (χ0v) is 25.0. The molecule has 41 heavy (non-hydrogen) atoms. The summed E-state index contributed by atoms with van der Waals surface area (Å²) in [6.45, 7) is 5.55. The molecule has 2 heterocycles. The van der Waals surface area contributed by atoms with Crippen LogP contribution in [0.25, 0.3) is 10.4 Å². The first-order chi connectivity index (χ1) is 19.3. The number of thiophene rings is 2. The molecule has 0 aliphatic heterocycles. The smallest absolute Gasteiger partial charge is 0.416 e. The number of carbonyl (C=O) groups is 2. The molecule has 2 aliphatic rings. The SMILES string of the molecule is CC(C)(C)OC(=O)c1c(CC(=O)NCc2c(-c3cc(F)cc(C(F)(F)F)c3)sc3c2CCCC3)sc2c1CCCC2. The number of esters is 1. The minimum atomic E-state index is -4.67. The van der Waals surface area contributed by atoms with Gasteiger partial charge in [-0.15, -0.1) is 22.7 Å². The topological polar surface area (TPSA) is 55.4 Å². The molecule has 0 bridgehead atoms. The van der Waals surface area contributed by atoms with Crippen molar-refractivity contribution in [3.8, 4) is 10.4 Å². The number of alkyl halides is 3. The summed E-state index contributed by atoms with van der Waals surface area (Å²) in [5.41, 5.74) is 1.73. The van der Waals surface area contributed by atoms with Gasteiger partial charge in [0.2, 0.25) is 5.91 Å². The van der Waals surface area contributed by atoms with Crippen molar-refractivity contribution in [2.75, 3.05) is 0 Å². The maximum atomic E-state index is 14.3. The van der Waals surface area contributed by atoms with Gasteiger partial charge in [-0.1, -0.05) is 0 Å². The molecule has 0 unspecified atom stereocenters. The Morgan fingerprint density at radius 2 is 1.54 bits per heavy atom. The van der Waals surface area contributed by atoms with Crippen LogP contribution in [0, 0.1) is 5.82 Å². The van der Waals surface area contributed by atoms with Gasteiger partial charge in [-0.3, -0.25) is 4.79 Å². The van der Waals surface area contributed by atoms with Gasteiger partial charge < -0.3 is 10.1 Å². The van der Waals surface area contributed by atoms with Crippen molar-refractivity contribution in [3.63, 3.8) is 0 Å². The number of amides is 1. The zero-order chi connectivity index (χ0) is 29.5. The van der Waals surface area contributed by atoms with Gasteiger partial charge in [-0.05, 0) is 113 Å². The molecule has 5 rings (SSSR count). The number of benzene rings is 1. The highest BCUT2D eigenvalue weighted by Gasteiger charge is 2.33. The molecule has 0 atom stereocenters. The third-order valence-electron chi connectivity index (χ3n) is 7.40. The highest BCUT2D eigenvalue weighted by molar-refractivity contribution is 7.16. The van der Waals surface area contributed by atoms with Crippen LogP contribution in [0.4, 0.5) is 17.6 Å². The van der Waals surface area contributed by atoms with Gasteiger partial charge in [0.1, 0.15) is 11.4 Å². The maximum Gasteiger partial charge on any atom is 0.416 e. The molecule has 10 heteroatoms. The Labute approximate surface area is 245 Å². The molecular weight excluding hydrogens is 574 g/mol. The molecule has 3 aromatic rings. The van der Waals surface area contributed by atoms with Crippen LogP contribution in [0.15, 0.2) is 18.2 Å². The lowest BCUT2D eigenvalue weighted by Crippen LogP contribution is -2.27. The van der Waals surface area contributed by atoms with Gasteiger partial charge in [-0.25, -0.2) is 9.18 Å². The molecule has 4 nitrogen and oxygen atoms in total. The predicted octanol–water partition coefficient (Wildman–Crippen LogP) is 8.21. The number of rotatable bonds is 6. The maximum absolute atomic E-state index is 14.3. The van der Waals surface area contributed by atoms with E-state index < -0.39 is 29.1 Å². The highest BCUT2D eigenvalue weighted by Crippen LogP contribution is 2.42. The fourth-order valence-electron chi connectivity index (χ4n) is 5.64. The molecule has 0 radical (unpaired) electrons. The van der Waals surface area contributed by atoms with Crippen LogP contribution in [-0.2, 0) is 54.4 Å². The molecule has 0 spiro atoms. The van der Waals surface area contributed by atoms with Crippen LogP contribution >= 0.6 is 22.7 Å². The standard InChI is InChI=1S/C31H33F4NO3S2/c1-30(2,3)39-29(38)27-21-9-5-7-11-24(21)40-25(27)15-26(37)36-16-22-20-8-4-6-10-23(20)41-28(22)17-12-18(31(33,34)35)14-19(32)13-17/h12-14H,4-11,15-16H2,1-3H3,(H,36,37). The Hall–Kier alpha value is -2.72. The lowest BCUT2D eigenvalue weighted by Gasteiger charge is -2.21. The number of hydrogen-bond donors (Lipinski definition) is 1. The Morgan fingerprint density at radius 1 is 0.902 bits per heavy atom. The zero-order valence-electron chi connectivity index (χ0n) is 23.4. The fourth-order valence-corrected chi connectivity index (χ4v) is 8.42. The van der Waals surface area contributed by atoms with E-state index in [1.807, 2.05) is 20.8 Å². The summed E-state index contributed by atoms with van der Waals surface area (Å²) in [5, 5.41) is 2.95. The monoisotopic (exact) mass is 607 g/mol. The van der Waals surface area contributed by atoms with Gasteiger partial charge in [0.25, 0.3) is 0 Å². The van der Waals surface area contributed by atoms with Crippen molar-refractivity contribution in [1.29, 1.82) is 0 Å². The fraction of sp³-hybridized carbons (Fsp3) is 0.484. The van der Waals surface area contributed by atoms with Crippen LogP contribution in [0.1, 0.15) is 93.7 Å². The summed E-state index contributed by atoms with van der Waals surface area (Å²) >= 11 is 2.87. The van der Waals surface area contributed by atoms with E-state index in [2.05, 4.69) is 5.32 Å². The summed E-state index contributed by atoms with van der Waals surface area (Å²) in [5.74, 6) is -1.65. The molecule has 2 aliphatic carbocycles. The van der Waals surface area contributed by atoms with Gasteiger partial charge in [0.15, 0.2) is 0 Å². The van der Waals surface area contributed by atoms with Crippen molar-refractivity contribution in [2.24, 2.45) is 0 Å². The molecule has 2 aromatic heterocycles. The van der Waals surface area contributed by atoms with E-state index in [0.29, 0.717) is 21.4 Å². The van der Waals surface area contributed by atoms with Gasteiger partial charge in [0, 0.05) is 26.1 Å². The summed E-state index contributed by atoms with van der Waals surface area (Å²) in [6.07, 6.45) is 2.49. The van der Waals surface area contributed by atoms with Crippen molar-refractivity contribution >= 4 is 34.6 Å². The van der Waals surface area contributed by atoms with E-state index in [9.17, 15) is 27.2 Å². The van der Waals surface area contributed by atoms with E-state index in [1.165, 1.54) is 22.7 Å². The van der Waals surface area contributed by atoms with E-state index in [-0.39, 0.29) is 24.4 Å². The molecule has 0 saturated carbocycles. The first kappa shape index (κ1) is 29.8. The quantitative estimate of drug-likeness (QED) is 0.227. The molecular formula is C31H33F4NO3S2. The molecule has 0 fully saturated rings. The molecule has 1 amide bonds. The Kier molecular flexibility index (Phi) is 8.36. The number of ether oxygens (including phenoxy) is 1. The predicted molar refractivity (Wildman–Crippen MR) is 153 cm³/mol. The number of fused-ring (bicyclic) bond motifs is 2. The van der Waals surface area contributed by atoms with Crippen LogP contribution in [0.5, 0.6) is 0 Å². The number of aryl methyl sites for hydroxylation is 2. The molecule has 1 aromatic carbocycles. The number of halogens is 4. The number of carbonyl (C=O) groups excluding carboxylic acids is 2. The Morgan fingerprint density at radius 3 is 2.20 bits per heavy atom. The van der Waals surface area contributed by atoms with Crippen molar-refractivity contribution in [3.05, 3.63) is 66.5 Å². The first-order valence-corrected chi connectivity index (χ1v) is 15.6. The largest absolute Gasteiger partial charge is 0.456 e. The highest BCUT2D eigenvalue weighted by atomic mass is 32.1. The van der Waals surface area contributed by atoms with Gasteiger partial charge in [-0.2, -0.15) is 13.2 Å². The van der Waals surface area contributed by atoms with Crippen LogP contribution in [0.2, 0.25) is 0 Å². The second kappa shape index (κ2) is 11.5. The van der Waals surface area contributed by atoms with E-state index in [4.69, 9.17) is 4.74 Å². The van der Waals surface area contributed by atoms with Gasteiger partial charge in [0.05, 0.1) is 17.5 Å².